The van der Waals surface area contributed by atoms with Crippen LogP contribution in [0.5, 0.6) is 11.5 Å². The van der Waals surface area contributed by atoms with Crippen molar-refractivity contribution in [2.75, 3.05) is 21.2 Å². The second-order valence-corrected chi connectivity index (χ2v) is 10.1. The number of aliphatic hydroxyl groups is 3. The van der Waals surface area contributed by atoms with Crippen molar-refractivity contribution >= 4 is 17.5 Å². The molecule has 3 aliphatic carbocycles. The first-order valence-corrected chi connectivity index (χ1v) is 11.9. The number of carbonyl (C=O) groups excluding carboxylic acids is 3. The van der Waals surface area contributed by atoms with Gasteiger partial charge in [0, 0.05) is 23.3 Å². The third kappa shape index (κ3) is 3.35. The second-order valence-electron chi connectivity index (χ2n) is 10.1. The zero-order chi connectivity index (χ0) is 27.7. The molecule has 1 aromatic heterocycles. The molecule has 1 aromatic carbocycles. The summed E-state index contributed by atoms with van der Waals surface area (Å²) in [6.07, 6.45) is 3.31. The van der Waals surface area contributed by atoms with E-state index in [4.69, 9.17) is 10.5 Å². The Morgan fingerprint density at radius 3 is 2.53 bits per heavy atom. The fraction of sp³-hybridized carbons (Fsp3) is 0.333. The summed E-state index contributed by atoms with van der Waals surface area (Å²) >= 11 is 0. The number of amides is 1. The summed E-state index contributed by atoms with van der Waals surface area (Å²) in [4.78, 5) is 44.9. The SMILES string of the molecule is COc1cncc(-c2ccc(O)c3c2CC2CC4C(N(C)C)C(O)=C(C(N)=O)C(=O)C4(O)C(O)=C2C3=O)c1. The van der Waals surface area contributed by atoms with Gasteiger partial charge in [-0.1, -0.05) is 6.07 Å². The number of nitrogens with two attached hydrogens (primary N) is 1. The average Bonchev–Trinajstić information content (AvgIpc) is 2.86. The average molecular weight is 522 g/mol. The number of aliphatic hydroxyl groups excluding tert-OH is 2. The van der Waals surface area contributed by atoms with Gasteiger partial charge in [-0.05, 0) is 56.1 Å². The van der Waals surface area contributed by atoms with Crippen LogP contribution in [0.1, 0.15) is 22.3 Å². The van der Waals surface area contributed by atoms with Gasteiger partial charge in [0.05, 0.1) is 24.9 Å². The van der Waals surface area contributed by atoms with Gasteiger partial charge in [-0.25, -0.2) is 0 Å². The number of phenols is 1. The number of methoxy groups -OCH3 is 1. The van der Waals surface area contributed by atoms with Crippen molar-refractivity contribution in [2.45, 2.75) is 24.5 Å². The standard InChI is InChI=1S/C27H27N3O8/c1-30(2)21-16-8-11-7-15-14(12-6-13(38-3)10-29-9-12)4-5-17(31)19(15)22(32)18(11)24(34)27(16,37)25(35)20(23(21)33)26(28)36/h4-6,9-11,16,21,31,33-34,37H,7-8H2,1-3H3,(H2,28,36). The van der Waals surface area contributed by atoms with Gasteiger partial charge in [0.25, 0.3) is 5.91 Å². The molecule has 1 heterocycles. The summed E-state index contributed by atoms with van der Waals surface area (Å²) in [5.41, 5.74) is 3.35. The number of aromatic hydroxyl groups is 1. The van der Waals surface area contributed by atoms with Crippen LogP contribution in [0.25, 0.3) is 11.1 Å². The lowest BCUT2D eigenvalue weighted by Crippen LogP contribution is -2.63. The van der Waals surface area contributed by atoms with Crippen LogP contribution in [-0.4, -0.2) is 80.6 Å². The minimum atomic E-state index is -2.67. The molecule has 0 bridgehead atoms. The van der Waals surface area contributed by atoms with E-state index in [1.807, 2.05) is 0 Å². The fourth-order valence-corrected chi connectivity index (χ4v) is 6.20. The van der Waals surface area contributed by atoms with Gasteiger partial charge in [0.15, 0.2) is 11.4 Å². The van der Waals surface area contributed by atoms with Gasteiger partial charge in [-0.15, -0.1) is 0 Å². The van der Waals surface area contributed by atoms with Crippen LogP contribution < -0.4 is 10.5 Å². The largest absolute Gasteiger partial charge is 0.510 e. The molecule has 0 radical (unpaired) electrons. The molecule has 1 amide bonds. The predicted molar refractivity (Wildman–Crippen MR) is 133 cm³/mol. The normalized spacial score (nSPS) is 26.7. The van der Waals surface area contributed by atoms with Crippen LogP contribution in [-0.2, 0) is 16.0 Å². The Labute approximate surface area is 217 Å². The fourth-order valence-electron chi connectivity index (χ4n) is 6.20. The van der Waals surface area contributed by atoms with Gasteiger partial charge in [-0.2, -0.15) is 0 Å². The van der Waals surface area contributed by atoms with E-state index in [0.29, 0.717) is 22.4 Å². The maximum absolute atomic E-state index is 13.8. The van der Waals surface area contributed by atoms with Crippen LogP contribution in [0.3, 0.4) is 0 Å². The number of primary amides is 1. The van der Waals surface area contributed by atoms with E-state index in [1.54, 1.807) is 32.4 Å². The number of likely N-dealkylation sites (N-methyl/N-ethyl adjacent to an activating group) is 1. The Bertz CT molecular complexity index is 1480. The van der Waals surface area contributed by atoms with E-state index in [9.17, 15) is 34.8 Å². The zero-order valence-electron chi connectivity index (χ0n) is 20.9. The van der Waals surface area contributed by atoms with Crippen molar-refractivity contribution in [1.29, 1.82) is 0 Å². The number of fused-ring (bicyclic) bond motifs is 3. The number of rotatable bonds is 4. The van der Waals surface area contributed by atoms with Gasteiger partial charge >= 0.3 is 0 Å². The number of ketones is 2. The highest BCUT2D eigenvalue weighted by atomic mass is 16.5. The number of ether oxygens (including phenoxy) is 1. The van der Waals surface area contributed by atoms with Crippen molar-refractivity contribution < 1.29 is 39.5 Å². The molecule has 4 atom stereocenters. The van der Waals surface area contributed by atoms with Crippen molar-refractivity contribution in [3.63, 3.8) is 0 Å². The molecular formula is C27H27N3O8. The molecule has 0 saturated carbocycles. The summed E-state index contributed by atoms with van der Waals surface area (Å²) in [5, 5.41) is 44.6. The van der Waals surface area contributed by atoms with Crippen LogP contribution in [0.15, 0.2) is 53.3 Å². The molecule has 198 valence electrons. The highest BCUT2D eigenvalue weighted by molar-refractivity contribution is 6.24. The molecule has 2 aromatic rings. The first kappa shape index (κ1) is 25.4. The number of hydrogen-bond acceptors (Lipinski definition) is 10. The first-order chi connectivity index (χ1) is 17.9. The molecule has 38 heavy (non-hydrogen) atoms. The van der Waals surface area contributed by atoms with E-state index in [2.05, 4.69) is 4.98 Å². The van der Waals surface area contributed by atoms with E-state index in [-0.39, 0.29) is 29.7 Å². The monoisotopic (exact) mass is 521 g/mol. The number of benzene rings is 1. The Balaban J connectivity index is 1.72. The number of nitrogens with zero attached hydrogens (tertiary/aromatic N) is 2. The van der Waals surface area contributed by atoms with Crippen molar-refractivity contribution in [3.8, 4) is 22.6 Å². The predicted octanol–water partition coefficient (Wildman–Crippen LogP) is 1.19. The summed E-state index contributed by atoms with van der Waals surface area (Å²) in [5.74, 6) is -6.37. The summed E-state index contributed by atoms with van der Waals surface area (Å²) < 4.78 is 5.27. The molecule has 0 saturated heterocycles. The van der Waals surface area contributed by atoms with Crippen LogP contribution >= 0.6 is 0 Å². The lowest BCUT2D eigenvalue weighted by atomic mass is 9.58. The molecule has 3 aliphatic rings. The lowest BCUT2D eigenvalue weighted by Gasteiger charge is -2.50. The summed E-state index contributed by atoms with van der Waals surface area (Å²) in [7, 11) is 4.66. The highest BCUT2D eigenvalue weighted by Gasteiger charge is 2.63. The van der Waals surface area contributed by atoms with Crippen LogP contribution in [0.2, 0.25) is 0 Å². The molecule has 0 fully saturated rings. The number of Topliss-reactive ketones (excluding diaryl/α,β-unsaturated/α-hetero) is 2. The topological polar surface area (TPSA) is 184 Å². The highest BCUT2D eigenvalue weighted by Crippen LogP contribution is 2.53. The number of pyridine rings is 1. The molecule has 0 spiro atoms. The molecule has 11 nitrogen and oxygen atoms in total. The minimum absolute atomic E-state index is 0.0111. The van der Waals surface area contributed by atoms with E-state index in [0.717, 1.165) is 0 Å². The van der Waals surface area contributed by atoms with E-state index in [1.165, 1.54) is 24.3 Å². The number of carbonyl (C=O) groups is 3. The van der Waals surface area contributed by atoms with Crippen molar-refractivity contribution in [1.82, 2.24) is 9.88 Å². The van der Waals surface area contributed by atoms with Gasteiger partial charge in [0.1, 0.15) is 28.6 Å². The third-order valence-electron chi connectivity index (χ3n) is 7.87. The Morgan fingerprint density at radius 2 is 1.89 bits per heavy atom. The van der Waals surface area contributed by atoms with Gasteiger partial charge in [-0.3, -0.25) is 24.3 Å². The number of hydrogen-bond donors (Lipinski definition) is 5. The zero-order valence-corrected chi connectivity index (χ0v) is 20.9. The van der Waals surface area contributed by atoms with Crippen LogP contribution in [0, 0.1) is 11.8 Å². The molecular weight excluding hydrogens is 494 g/mol. The summed E-state index contributed by atoms with van der Waals surface area (Å²) in [6.45, 7) is 0. The minimum Gasteiger partial charge on any atom is -0.510 e. The third-order valence-corrected chi connectivity index (χ3v) is 7.87. The molecule has 4 unspecified atom stereocenters. The molecule has 5 rings (SSSR count). The van der Waals surface area contributed by atoms with Gasteiger partial charge in [0.2, 0.25) is 5.78 Å². The van der Waals surface area contributed by atoms with Crippen LogP contribution in [0.4, 0.5) is 0 Å². The Hall–Kier alpha value is -4.22. The van der Waals surface area contributed by atoms with Crippen molar-refractivity contribution in [3.05, 3.63) is 64.4 Å². The number of allylic oxidation sites excluding steroid dienone is 1. The molecule has 0 aliphatic heterocycles. The van der Waals surface area contributed by atoms with Crippen molar-refractivity contribution in [2.24, 2.45) is 17.6 Å². The maximum Gasteiger partial charge on any atom is 0.255 e. The van der Waals surface area contributed by atoms with Gasteiger partial charge < -0.3 is 30.9 Å². The maximum atomic E-state index is 13.8. The Kier molecular flexibility index (Phi) is 5.80. The number of aromatic nitrogens is 1. The van der Waals surface area contributed by atoms with E-state index >= 15 is 0 Å². The molecule has 6 N–H and O–H groups in total. The smallest absolute Gasteiger partial charge is 0.255 e. The molecule has 11 heteroatoms. The quantitative estimate of drug-likeness (QED) is 0.366. The Morgan fingerprint density at radius 1 is 1.18 bits per heavy atom. The number of phenolic OH excluding ortho intramolecular Hbond substituents is 1. The first-order valence-electron chi connectivity index (χ1n) is 11.9. The lowest BCUT2D eigenvalue weighted by molar-refractivity contribution is -0.148. The second kappa shape index (κ2) is 8.67. The van der Waals surface area contributed by atoms with E-state index < -0.39 is 58.0 Å². The summed E-state index contributed by atoms with van der Waals surface area (Å²) in [6, 6.07) is 3.70.